The van der Waals surface area contributed by atoms with Crippen LogP contribution in [0.25, 0.3) is 0 Å². The fraction of sp³-hybridized carbons (Fsp3) is 0.417. The molecule has 5 heteroatoms. The summed E-state index contributed by atoms with van der Waals surface area (Å²) in [5.41, 5.74) is 0.476. The quantitative estimate of drug-likeness (QED) is 0.878. The predicted molar refractivity (Wildman–Crippen MR) is 67.5 cm³/mol. The van der Waals surface area contributed by atoms with Gasteiger partial charge in [0, 0.05) is 18.2 Å². The highest BCUT2D eigenvalue weighted by Gasteiger charge is 2.16. The van der Waals surface area contributed by atoms with Crippen LogP contribution in [-0.4, -0.2) is 25.0 Å². The lowest BCUT2D eigenvalue weighted by Crippen LogP contribution is -2.45. The Bertz CT molecular complexity index is 419. The molecule has 92 valence electrons. The summed E-state index contributed by atoms with van der Waals surface area (Å²) in [7, 11) is 0. The molecular formula is C12H14BrFN2O. The minimum absolute atomic E-state index is 0.153. The number of benzene rings is 1. The molecular weight excluding hydrogens is 287 g/mol. The van der Waals surface area contributed by atoms with Crippen LogP contribution < -0.4 is 10.6 Å². The largest absolute Gasteiger partial charge is 0.348 e. The van der Waals surface area contributed by atoms with Crippen LogP contribution in [0.15, 0.2) is 22.7 Å². The van der Waals surface area contributed by atoms with Crippen LogP contribution in [-0.2, 0) is 0 Å². The van der Waals surface area contributed by atoms with Gasteiger partial charge in [-0.1, -0.05) is 0 Å². The third-order valence-electron chi connectivity index (χ3n) is 2.81. The summed E-state index contributed by atoms with van der Waals surface area (Å²) < 4.78 is 13.3. The van der Waals surface area contributed by atoms with Crippen LogP contribution in [0.3, 0.4) is 0 Å². The molecule has 0 aromatic heterocycles. The number of carbonyl (C=O) groups is 1. The van der Waals surface area contributed by atoms with Crippen molar-refractivity contribution in [3.05, 3.63) is 34.1 Å². The molecule has 1 saturated heterocycles. The Morgan fingerprint density at radius 2 is 2.35 bits per heavy atom. The fourth-order valence-electron chi connectivity index (χ4n) is 1.88. The second kappa shape index (κ2) is 5.60. The molecule has 0 radical (unpaired) electrons. The zero-order valence-electron chi connectivity index (χ0n) is 9.30. The number of piperidine rings is 1. The number of halogens is 2. The molecule has 1 aromatic carbocycles. The topological polar surface area (TPSA) is 41.1 Å². The number of amides is 1. The van der Waals surface area contributed by atoms with Gasteiger partial charge in [-0.2, -0.15) is 0 Å². The van der Waals surface area contributed by atoms with E-state index >= 15 is 0 Å². The summed E-state index contributed by atoms with van der Waals surface area (Å²) in [6, 6.07) is 4.45. The molecule has 0 bridgehead atoms. The van der Waals surface area contributed by atoms with Gasteiger partial charge in [-0.05, 0) is 53.5 Å². The summed E-state index contributed by atoms with van der Waals surface area (Å²) in [5, 5.41) is 6.17. The first-order valence-corrected chi connectivity index (χ1v) is 6.43. The molecule has 1 aromatic rings. The third-order valence-corrected chi connectivity index (χ3v) is 3.42. The predicted octanol–water partition coefficient (Wildman–Crippen LogP) is 2.07. The monoisotopic (exact) mass is 300 g/mol. The van der Waals surface area contributed by atoms with E-state index in [0.29, 0.717) is 10.0 Å². The normalized spacial score (nSPS) is 20.0. The Hall–Kier alpha value is -0.940. The van der Waals surface area contributed by atoms with E-state index in [9.17, 15) is 9.18 Å². The van der Waals surface area contributed by atoms with Gasteiger partial charge >= 0.3 is 0 Å². The lowest BCUT2D eigenvalue weighted by Gasteiger charge is -2.23. The minimum Gasteiger partial charge on any atom is -0.348 e. The maximum atomic E-state index is 13.0. The SMILES string of the molecule is O=C(N[C@@H]1CCCNC1)c1ccc(F)c(Br)c1. The Morgan fingerprint density at radius 1 is 1.53 bits per heavy atom. The number of hydrogen-bond acceptors (Lipinski definition) is 2. The molecule has 0 aliphatic carbocycles. The van der Waals surface area contributed by atoms with Gasteiger partial charge in [0.25, 0.3) is 5.91 Å². The summed E-state index contributed by atoms with van der Waals surface area (Å²) in [5.74, 6) is -0.514. The van der Waals surface area contributed by atoms with E-state index < -0.39 is 0 Å². The summed E-state index contributed by atoms with van der Waals surface area (Å²) in [6.07, 6.45) is 2.05. The number of rotatable bonds is 2. The standard InChI is InChI=1S/C12H14BrFN2O/c13-10-6-8(3-4-11(10)14)12(17)16-9-2-1-5-15-7-9/h3-4,6,9,15H,1-2,5,7H2,(H,16,17)/t9-/m1/s1. The first-order valence-electron chi connectivity index (χ1n) is 5.63. The van der Waals surface area contributed by atoms with Crippen molar-refractivity contribution in [2.75, 3.05) is 13.1 Å². The van der Waals surface area contributed by atoms with Crippen molar-refractivity contribution in [2.45, 2.75) is 18.9 Å². The van der Waals surface area contributed by atoms with Crippen LogP contribution in [0.2, 0.25) is 0 Å². The second-order valence-electron chi connectivity index (χ2n) is 4.15. The van der Waals surface area contributed by atoms with Gasteiger partial charge < -0.3 is 10.6 Å². The highest BCUT2D eigenvalue weighted by atomic mass is 79.9. The Morgan fingerprint density at radius 3 is 3.00 bits per heavy atom. The average Bonchev–Trinajstić information content (AvgIpc) is 2.34. The van der Waals surface area contributed by atoms with Crippen LogP contribution in [0.4, 0.5) is 4.39 Å². The molecule has 1 atom stereocenters. The first-order chi connectivity index (χ1) is 8.16. The molecule has 3 nitrogen and oxygen atoms in total. The Labute approximate surface area is 108 Å². The lowest BCUT2D eigenvalue weighted by molar-refractivity contribution is 0.0930. The van der Waals surface area contributed by atoms with Crippen LogP contribution in [0, 0.1) is 5.82 Å². The Balaban J connectivity index is 2.01. The van der Waals surface area contributed by atoms with Crippen molar-refractivity contribution in [3.63, 3.8) is 0 Å². The first kappa shape index (κ1) is 12.5. The fourth-order valence-corrected chi connectivity index (χ4v) is 2.26. The molecule has 0 spiro atoms. The zero-order valence-corrected chi connectivity index (χ0v) is 10.9. The summed E-state index contributed by atoms with van der Waals surface area (Å²) in [4.78, 5) is 11.9. The average molecular weight is 301 g/mol. The number of carbonyl (C=O) groups excluding carboxylic acids is 1. The molecule has 1 amide bonds. The molecule has 1 fully saturated rings. The molecule has 0 unspecified atom stereocenters. The van der Waals surface area contributed by atoms with Gasteiger partial charge in [-0.3, -0.25) is 4.79 Å². The highest BCUT2D eigenvalue weighted by Crippen LogP contribution is 2.17. The van der Waals surface area contributed by atoms with Crippen molar-refractivity contribution >= 4 is 21.8 Å². The molecule has 17 heavy (non-hydrogen) atoms. The van der Waals surface area contributed by atoms with E-state index in [1.54, 1.807) is 0 Å². The maximum absolute atomic E-state index is 13.0. The molecule has 1 heterocycles. The smallest absolute Gasteiger partial charge is 0.251 e. The summed E-state index contributed by atoms with van der Waals surface area (Å²) >= 11 is 3.07. The van der Waals surface area contributed by atoms with Gasteiger partial charge in [-0.15, -0.1) is 0 Å². The molecule has 1 aliphatic rings. The van der Waals surface area contributed by atoms with Crippen LogP contribution in [0.5, 0.6) is 0 Å². The van der Waals surface area contributed by atoms with Gasteiger partial charge in [0.1, 0.15) is 5.82 Å². The van der Waals surface area contributed by atoms with E-state index in [1.165, 1.54) is 18.2 Å². The van der Waals surface area contributed by atoms with Gasteiger partial charge in [-0.25, -0.2) is 4.39 Å². The van der Waals surface area contributed by atoms with E-state index in [0.717, 1.165) is 25.9 Å². The van der Waals surface area contributed by atoms with E-state index in [4.69, 9.17) is 0 Å². The van der Waals surface area contributed by atoms with E-state index in [2.05, 4.69) is 26.6 Å². The van der Waals surface area contributed by atoms with E-state index in [-0.39, 0.29) is 17.8 Å². The van der Waals surface area contributed by atoms with Crippen molar-refractivity contribution in [1.82, 2.24) is 10.6 Å². The van der Waals surface area contributed by atoms with Crippen molar-refractivity contribution in [2.24, 2.45) is 0 Å². The molecule has 2 N–H and O–H groups in total. The van der Waals surface area contributed by atoms with Crippen molar-refractivity contribution in [1.29, 1.82) is 0 Å². The minimum atomic E-state index is -0.360. The number of hydrogen-bond donors (Lipinski definition) is 2. The van der Waals surface area contributed by atoms with E-state index in [1.807, 2.05) is 0 Å². The van der Waals surface area contributed by atoms with Crippen LogP contribution in [0.1, 0.15) is 23.2 Å². The molecule has 1 aliphatic heterocycles. The van der Waals surface area contributed by atoms with Gasteiger partial charge in [0.05, 0.1) is 4.47 Å². The van der Waals surface area contributed by atoms with Gasteiger partial charge in [0.15, 0.2) is 0 Å². The van der Waals surface area contributed by atoms with Crippen molar-refractivity contribution in [3.8, 4) is 0 Å². The third kappa shape index (κ3) is 3.26. The van der Waals surface area contributed by atoms with Gasteiger partial charge in [0.2, 0.25) is 0 Å². The maximum Gasteiger partial charge on any atom is 0.251 e. The zero-order chi connectivity index (χ0) is 12.3. The number of nitrogens with one attached hydrogen (secondary N) is 2. The molecule has 2 rings (SSSR count). The highest BCUT2D eigenvalue weighted by molar-refractivity contribution is 9.10. The molecule has 0 saturated carbocycles. The second-order valence-corrected chi connectivity index (χ2v) is 5.00. The van der Waals surface area contributed by atoms with Crippen molar-refractivity contribution < 1.29 is 9.18 Å². The Kier molecular flexibility index (Phi) is 4.12. The summed E-state index contributed by atoms with van der Waals surface area (Å²) in [6.45, 7) is 1.81. The van der Waals surface area contributed by atoms with Crippen LogP contribution >= 0.6 is 15.9 Å². The lowest BCUT2D eigenvalue weighted by atomic mass is 10.1.